The van der Waals surface area contributed by atoms with E-state index in [1.54, 1.807) is 0 Å². The number of carbonyl (C=O) groups excluding carboxylic acids is 1. The lowest BCUT2D eigenvalue weighted by molar-refractivity contribution is -0.115. The number of hydrogen-bond acceptors (Lipinski definition) is 2. The molecule has 0 bridgehead atoms. The third-order valence-electron chi connectivity index (χ3n) is 5.49. The number of amides is 1. The molecular formula is C24H27N3O. The molecule has 0 atom stereocenters. The standard InChI is InChI=1S/C24H27N3O/c1-15(2)14-27-17(4)22(16(3)26-27)13-24(28)25-20-10-9-19-11-18-7-5-6-8-21(18)23(19)12-20/h5-10,12,15H,11,13-14H2,1-4H3,(H,25,28). The molecule has 0 fully saturated rings. The number of hydrogen-bond donors (Lipinski definition) is 1. The number of nitrogens with zero attached hydrogens (tertiary/aromatic N) is 2. The van der Waals surface area contributed by atoms with E-state index in [2.05, 4.69) is 67.6 Å². The highest BCUT2D eigenvalue weighted by Gasteiger charge is 2.19. The van der Waals surface area contributed by atoms with E-state index < -0.39 is 0 Å². The Hall–Kier alpha value is -2.88. The van der Waals surface area contributed by atoms with Crippen LogP contribution in [0.4, 0.5) is 5.69 Å². The summed E-state index contributed by atoms with van der Waals surface area (Å²) in [5, 5.41) is 7.70. The molecule has 144 valence electrons. The third kappa shape index (κ3) is 3.47. The van der Waals surface area contributed by atoms with Crippen LogP contribution in [-0.2, 0) is 24.2 Å². The number of carbonyl (C=O) groups is 1. The first-order chi connectivity index (χ1) is 13.4. The lowest BCUT2D eigenvalue weighted by atomic mass is 10.0. The monoisotopic (exact) mass is 373 g/mol. The van der Waals surface area contributed by atoms with E-state index in [1.165, 1.54) is 22.3 Å². The lowest BCUT2D eigenvalue weighted by Gasteiger charge is -2.09. The third-order valence-corrected chi connectivity index (χ3v) is 5.49. The van der Waals surface area contributed by atoms with Crippen molar-refractivity contribution >= 4 is 11.6 Å². The Labute approximate surface area is 166 Å². The van der Waals surface area contributed by atoms with Crippen LogP contribution in [0.1, 0.15) is 41.9 Å². The first kappa shape index (κ1) is 18.5. The SMILES string of the molecule is Cc1nn(CC(C)C)c(C)c1CC(=O)Nc1ccc2c(c1)-c1ccccc1C2. The number of rotatable bonds is 5. The molecule has 0 radical (unpaired) electrons. The Morgan fingerprint density at radius 1 is 1.11 bits per heavy atom. The quantitative estimate of drug-likeness (QED) is 0.540. The van der Waals surface area contributed by atoms with Crippen molar-refractivity contribution in [2.24, 2.45) is 5.92 Å². The maximum atomic E-state index is 12.7. The zero-order valence-electron chi connectivity index (χ0n) is 17.0. The Morgan fingerprint density at radius 3 is 2.64 bits per heavy atom. The molecule has 1 aromatic heterocycles. The van der Waals surface area contributed by atoms with Gasteiger partial charge in [0.15, 0.2) is 0 Å². The van der Waals surface area contributed by atoms with Gasteiger partial charge >= 0.3 is 0 Å². The van der Waals surface area contributed by atoms with Crippen LogP contribution in [0.25, 0.3) is 11.1 Å². The molecule has 0 aliphatic heterocycles. The number of anilines is 1. The van der Waals surface area contributed by atoms with Crippen LogP contribution in [0.3, 0.4) is 0 Å². The smallest absolute Gasteiger partial charge is 0.228 e. The predicted molar refractivity (Wildman–Crippen MR) is 114 cm³/mol. The fraction of sp³-hybridized carbons (Fsp3) is 0.333. The molecule has 0 saturated carbocycles. The molecule has 4 rings (SSSR count). The molecule has 4 heteroatoms. The fourth-order valence-corrected chi connectivity index (χ4v) is 4.08. The maximum absolute atomic E-state index is 12.7. The lowest BCUT2D eigenvalue weighted by Crippen LogP contribution is -2.15. The molecule has 1 aliphatic carbocycles. The van der Waals surface area contributed by atoms with Crippen molar-refractivity contribution < 1.29 is 4.79 Å². The van der Waals surface area contributed by atoms with Crippen LogP contribution in [-0.4, -0.2) is 15.7 Å². The summed E-state index contributed by atoms with van der Waals surface area (Å²) in [6, 6.07) is 14.7. The van der Waals surface area contributed by atoms with Gasteiger partial charge in [-0.3, -0.25) is 9.48 Å². The Kier molecular flexibility index (Phi) is 4.80. The van der Waals surface area contributed by atoms with Gasteiger partial charge in [0.1, 0.15) is 0 Å². The highest BCUT2D eigenvalue weighted by atomic mass is 16.1. The predicted octanol–water partition coefficient (Wildman–Crippen LogP) is 4.91. The van der Waals surface area contributed by atoms with E-state index in [1.807, 2.05) is 17.7 Å². The van der Waals surface area contributed by atoms with Gasteiger partial charge < -0.3 is 5.32 Å². The number of fused-ring (bicyclic) bond motifs is 3. The van der Waals surface area contributed by atoms with Crippen molar-refractivity contribution in [2.75, 3.05) is 5.32 Å². The average Bonchev–Trinajstić information content (AvgIpc) is 3.14. The summed E-state index contributed by atoms with van der Waals surface area (Å²) in [5.74, 6) is 0.524. The van der Waals surface area contributed by atoms with E-state index in [0.717, 1.165) is 35.6 Å². The van der Waals surface area contributed by atoms with E-state index in [9.17, 15) is 4.79 Å². The van der Waals surface area contributed by atoms with Gasteiger partial charge in [-0.05, 0) is 60.6 Å². The summed E-state index contributed by atoms with van der Waals surface area (Å²) < 4.78 is 2.02. The Morgan fingerprint density at radius 2 is 1.86 bits per heavy atom. The highest BCUT2D eigenvalue weighted by molar-refractivity contribution is 5.94. The fourth-order valence-electron chi connectivity index (χ4n) is 4.08. The second kappa shape index (κ2) is 7.27. The van der Waals surface area contributed by atoms with Gasteiger partial charge in [-0.1, -0.05) is 44.2 Å². The molecule has 1 heterocycles. The average molecular weight is 374 g/mol. The zero-order chi connectivity index (χ0) is 19.8. The molecule has 1 N–H and O–H groups in total. The normalized spacial score (nSPS) is 12.2. The minimum absolute atomic E-state index is 0.00142. The highest BCUT2D eigenvalue weighted by Crippen LogP contribution is 2.37. The van der Waals surface area contributed by atoms with Gasteiger partial charge in [0, 0.05) is 23.5 Å². The molecule has 3 aromatic rings. The van der Waals surface area contributed by atoms with Crippen molar-refractivity contribution in [1.82, 2.24) is 9.78 Å². The van der Waals surface area contributed by atoms with Crippen molar-refractivity contribution in [3.63, 3.8) is 0 Å². The van der Waals surface area contributed by atoms with Crippen LogP contribution in [0.5, 0.6) is 0 Å². The summed E-state index contributed by atoms with van der Waals surface area (Å²) in [7, 11) is 0. The Balaban J connectivity index is 1.51. The first-order valence-corrected chi connectivity index (χ1v) is 9.96. The Bertz CT molecular complexity index is 1050. The van der Waals surface area contributed by atoms with E-state index in [-0.39, 0.29) is 5.91 Å². The summed E-state index contributed by atoms with van der Waals surface area (Å²) >= 11 is 0. The van der Waals surface area contributed by atoms with Gasteiger partial charge in [-0.25, -0.2) is 0 Å². The van der Waals surface area contributed by atoms with Crippen LogP contribution in [0.2, 0.25) is 0 Å². The van der Waals surface area contributed by atoms with Crippen LogP contribution < -0.4 is 5.32 Å². The molecule has 4 nitrogen and oxygen atoms in total. The molecule has 2 aromatic carbocycles. The molecule has 0 spiro atoms. The zero-order valence-corrected chi connectivity index (χ0v) is 17.0. The van der Waals surface area contributed by atoms with E-state index in [4.69, 9.17) is 0 Å². The second-order valence-corrected chi connectivity index (χ2v) is 8.16. The van der Waals surface area contributed by atoms with E-state index in [0.29, 0.717) is 12.3 Å². The van der Waals surface area contributed by atoms with E-state index >= 15 is 0 Å². The molecular weight excluding hydrogens is 346 g/mol. The summed E-state index contributed by atoms with van der Waals surface area (Å²) in [6.07, 6.45) is 1.32. The van der Waals surface area contributed by atoms with Gasteiger partial charge in [-0.15, -0.1) is 0 Å². The second-order valence-electron chi connectivity index (χ2n) is 8.16. The first-order valence-electron chi connectivity index (χ1n) is 9.96. The van der Waals surface area contributed by atoms with Crippen molar-refractivity contribution in [3.8, 4) is 11.1 Å². The van der Waals surface area contributed by atoms with Crippen molar-refractivity contribution in [3.05, 3.63) is 70.5 Å². The molecule has 0 unspecified atom stereocenters. The molecule has 1 aliphatic rings. The van der Waals surface area contributed by atoms with Gasteiger partial charge in [0.05, 0.1) is 12.1 Å². The van der Waals surface area contributed by atoms with Gasteiger partial charge in [0.25, 0.3) is 0 Å². The van der Waals surface area contributed by atoms with Crippen molar-refractivity contribution in [2.45, 2.75) is 47.1 Å². The van der Waals surface area contributed by atoms with Crippen molar-refractivity contribution in [1.29, 1.82) is 0 Å². The number of aryl methyl sites for hydroxylation is 1. The van der Waals surface area contributed by atoms with Crippen LogP contribution >= 0.6 is 0 Å². The molecule has 1 amide bonds. The largest absolute Gasteiger partial charge is 0.326 e. The summed E-state index contributed by atoms with van der Waals surface area (Å²) in [5.41, 5.74) is 9.09. The number of benzene rings is 2. The summed E-state index contributed by atoms with van der Waals surface area (Å²) in [4.78, 5) is 12.7. The van der Waals surface area contributed by atoms with Crippen LogP contribution in [0, 0.1) is 19.8 Å². The number of aromatic nitrogens is 2. The summed E-state index contributed by atoms with van der Waals surface area (Å²) in [6.45, 7) is 9.26. The minimum Gasteiger partial charge on any atom is -0.326 e. The molecule has 0 saturated heterocycles. The van der Waals surface area contributed by atoms with Gasteiger partial charge in [-0.2, -0.15) is 5.10 Å². The van der Waals surface area contributed by atoms with Gasteiger partial charge in [0.2, 0.25) is 5.91 Å². The minimum atomic E-state index is 0.00142. The topological polar surface area (TPSA) is 46.9 Å². The maximum Gasteiger partial charge on any atom is 0.228 e. The molecule has 28 heavy (non-hydrogen) atoms. The number of nitrogens with one attached hydrogen (secondary N) is 1. The van der Waals surface area contributed by atoms with Crippen LogP contribution in [0.15, 0.2) is 42.5 Å².